The molecule has 6 nitrogen and oxygen atoms in total. The minimum Gasteiger partial charge on any atom is -0.337 e. The van der Waals surface area contributed by atoms with E-state index in [9.17, 15) is 10.1 Å². The molecule has 0 unspecified atom stereocenters. The smallest absolute Gasteiger partial charge is 0.231 e. The van der Waals surface area contributed by atoms with Crippen LogP contribution < -0.4 is 5.32 Å². The van der Waals surface area contributed by atoms with E-state index in [4.69, 9.17) is 0 Å². The Morgan fingerprint density at radius 1 is 1.43 bits per heavy atom. The van der Waals surface area contributed by atoms with E-state index in [1.165, 1.54) is 11.8 Å². The van der Waals surface area contributed by atoms with E-state index < -0.39 is 5.54 Å². The number of thioether (sulfide) groups is 1. The Labute approximate surface area is 139 Å². The molecule has 1 atom stereocenters. The number of carbonyl (C=O) groups excluding carboxylic acids is 1. The molecule has 0 fully saturated rings. The lowest BCUT2D eigenvalue weighted by Gasteiger charge is -2.27. The van der Waals surface area contributed by atoms with Crippen LogP contribution in [0.1, 0.15) is 20.8 Å². The quantitative estimate of drug-likeness (QED) is 0.823. The minimum atomic E-state index is -0.870. The molecular formula is C16H19N5OS. The lowest BCUT2D eigenvalue weighted by atomic mass is 9.90. The molecule has 0 bridgehead atoms. The largest absolute Gasteiger partial charge is 0.337 e. The molecule has 0 saturated carbocycles. The molecule has 1 amide bonds. The first-order valence-corrected chi connectivity index (χ1v) is 8.25. The maximum absolute atomic E-state index is 12.1. The number of aromatic nitrogens is 3. The fourth-order valence-electron chi connectivity index (χ4n) is 1.85. The molecule has 0 spiro atoms. The van der Waals surface area contributed by atoms with Crippen molar-refractivity contribution >= 4 is 17.7 Å². The van der Waals surface area contributed by atoms with Crippen LogP contribution in [0.2, 0.25) is 0 Å². The Hall–Kier alpha value is -2.33. The third-order valence-electron chi connectivity index (χ3n) is 3.67. The molecule has 0 aliphatic heterocycles. The summed E-state index contributed by atoms with van der Waals surface area (Å²) in [5, 5.41) is 20.6. The van der Waals surface area contributed by atoms with Crippen molar-refractivity contribution in [3.05, 3.63) is 36.7 Å². The first kappa shape index (κ1) is 17.0. The highest BCUT2D eigenvalue weighted by Gasteiger charge is 2.29. The number of carbonyl (C=O) groups is 1. The summed E-state index contributed by atoms with van der Waals surface area (Å²) in [7, 11) is 0. The van der Waals surface area contributed by atoms with Gasteiger partial charge in [0.25, 0.3) is 0 Å². The fraction of sp³-hybridized carbons (Fsp3) is 0.375. The van der Waals surface area contributed by atoms with E-state index >= 15 is 0 Å². The summed E-state index contributed by atoms with van der Waals surface area (Å²) in [5.74, 6) is -0.0000185. The highest BCUT2D eigenvalue weighted by atomic mass is 32.2. The average molecular weight is 329 g/mol. The molecule has 1 N–H and O–H groups in total. The number of amides is 1. The summed E-state index contributed by atoms with van der Waals surface area (Å²) in [5.41, 5.74) is 0.0644. The van der Waals surface area contributed by atoms with E-state index in [1.807, 2.05) is 48.7 Å². The van der Waals surface area contributed by atoms with Gasteiger partial charge in [-0.3, -0.25) is 9.36 Å². The average Bonchev–Trinajstić information content (AvgIpc) is 3.02. The zero-order chi connectivity index (χ0) is 16.9. The number of nitriles is 1. The molecule has 1 heterocycles. The standard InChI is InChI=1S/C16H19N5OS/c1-12(2)16(3,10-17)19-14(22)9-23-15-20-18-11-21(15)13-7-5-4-6-8-13/h4-8,11-12H,9H2,1-3H3,(H,19,22)/t16-/m0/s1. The third kappa shape index (κ3) is 4.11. The summed E-state index contributed by atoms with van der Waals surface area (Å²) >= 11 is 1.29. The van der Waals surface area contributed by atoms with Gasteiger partial charge in [-0.25, -0.2) is 0 Å². The first-order chi connectivity index (χ1) is 11.0. The number of rotatable bonds is 6. The number of nitrogens with one attached hydrogen (secondary N) is 1. The van der Waals surface area contributed by atoms with Gasteiger partial charge >= 0.3 is 0 Å². The summed E-state index contributed by atoms with van der Waals surface area (Å²) in [6.45, 7) is 5.54. The van der Waals surface area contributed by atoms with Crippen LogP contribution in [0.25, 0.3) is 5.69 Å². The summed E-state index contributed by atoms with van der Waals surface area (Å²) < 4.78 is 1.82. The Morgan fingerprint density at radius 3 is 2.74 bits per heavy atom. The second-order valence-electron chi connectivity index (χ2n) is 5.62. The zero-order valence-electron chi connectivity index (χ0n) is 13.4. The van der Waals surface area contributed by atoms with Gasteiger partial charge in [0.1, 0.15) is 11.9 Å². The van der Waals surface area contributed by atoms with Crippen LogP contribution in [0.3, 0.4) is 0 Å². The van der Waals surface area contributed by atoms with Crippen molar-refractivity contribution in [3.8, 4) is 11.8 Å². The van der Waals surface area contributed by atoms with Crippen molar-refractivity contribution < 1.29 is 4.79 Å². The van der Waals surface area contributed by atoms with E-state index in [0.29, 0.717) is 5.16 Å². The SMILES string of the molecule is CC(C)[C@](C)(C#N)NC(=O)CSc1nncn1-c1ccccc1. The van der Waals surface area contributed by atoms with Crippen LogP contribution in [0.4, 0.5) is 0 Å². The van der Waals surface area contributed by atoms with Gasteiger partial charge in [-0.05, 0) is 25.0 Å². The molecule has 1 aromatic carbocycles. The summed E-state index contributed by atoms with van der Waals surface area (Å²) in [6.07, 6.45) is 1.61. The molecule has 7 heteroatoms. The summed E-state index contributed by atoms with van der Waals surface area (Å²) in [4.78, 5) is 12.1. The van der Waals surface area contributed by atoms with Crippen LogP contribution in [0.5, 0.6) is 0 Å². The Kier molecular flexibility index (Phi) is 5.40. The zero-order valence-corrected chi connectivity index (χ0v) is 14.2. The van der Waals surface area contributed by atoms with Gasteiger partial charge in [-0.1, -0.05) is 43.8 Å². The van der Waals surface area contributed by atoms with Gasteiger partial charge in [0.15, 0.2) is 5.16 Å². The van der Waals surface area contributed by atoms with Crippen molar-refractivity contribution in [1.29, 1.82) is 5.26 Å². The maximum Gasteiger partial charge on any atom is 0.231 e. The Balaban J connectivity index is 2.02. The second kappa shape index (κ2) is 7.29. The molecule has 0 radical (unpaired) electrons. The van der Waals surface area contributed by atoms with Gasteiger partial charge < -0.3 is 5.32 Å². The van der Waals surface area contributed by atoms with Crippen LogP contribution in [0.15, 0.2) is 41.8 Å². The van der Waals surface area contributed by atoms with Crippen LogP contribution in [-0.2, 0) is 4.79 Å². The molecule has 2 aromatic rings. The lowest BCUT2D eigenvalue weighted by molar-refractivity contribution is -0.120. The molecule has 0 saturated heterocycles. The topological polar surface area (TPSA) is 83.6 Å². The third-order valence-corrected chi connectivity index (χ3v) is 4.61. The molecule has 0 aliphatic rings. The number of benzene rings is 1. The van der Waals surface area contributed by atoms with Gasteiger partial charge in [0.2, 0.25) is 5.91 Å². The molecule has 1 aromatic heterocycles. The molecule has 2 rings (SSSR count). The van der Waals surface area contributed by atoms with Crippen LogP contribution >= 0.6 is 11.8 Å². The van der Waals surface area contributed by atoms with E-state index in [2.05, 4.69) is 21.6 Å². The number of nitrogens with zero attached hydrogens (tertiary/aromatic N) is 4. The highest BCUT2D eigenvalue weighted by Crippen LogP contribution is 2.20. The van der Waals surface area contributed by atoms with Crippen LogP contribution in [-0.4, -0.2) is 32.0 Å². The van der Waals surface area contributed by atoms with Gasteiger partial charge in [0, 0.05) is 5.69 Å². The highest BCUT2D eigenvalue weighted by molar-refractivity contribution is 7.99. The van der Waals surface area contributed by atoms with Crippen molar-refractivity contribution in [2.45, 2.75) is 31.5 Å². The van der Waals surface area contributed by atoms with E-state index in [1.54, 1.807) is 13.3 Å². The summed E-state index contributed by atoms with van der Waals surface area (Å²) in [6, 6.07) is 11.8. The number of hydrogen-bond acceptors (Lipinski definition) is 5. The molecule has 120 valence electrons. The van der Waals surface area contributed by atoms with Crippen molar-refractivity contribution in [1.82, 2.24) is 20.1 Å². The fourth-order valence-corrected chi connectivity index (χ4v) is 2.57. The van der Waals surface area contributed by atoms with Gasteiger partial charge in [0.05, 0.1) is 11.8 Å². The lowest BCUT2D eigenvalue weighted by Crippen LogP contribution is -2.49. The first-order valence-electron chi connectivity index (χ1n) is 7.27. The monoisotopic (exact) mass is 329 g/mol. The van der Waals surface area contributed by atoms with E-state index in [-0.39, 0.29) is 17.6 Å². The minimum absolute atomic E-state index is 0.0226. The predicted molar refractivity (Wildman–Crippen MR) is 89.1 cm³/mol. The van der Waals surface area contributed by atoms with Gasteiger partial charge in [-0.15, -0.1) is 10.2 Å². The molecule has 0 aliphatic carbocycles. The Bertz CT molecular complexity index is 707. The van der Waals surface area contributed by atoms with Crippen molar-refractivity contribution in [3.63, 3.8) is 0 Å². The van der Waals surface area contributed by atoms with E-state index in [0.717, 1.165) is 5.69 Å². The maximum atomic E-state index is 12.1. The van der Waals surface area contributed by atoms with Crippen molar-refractivity contribution in [2.24, 2.45) is 5.92 Å². The van der Waals surface area contributed by atoms with Crippen LogP contribution in [0, 0.1) is 17.2 Å². The Morgan fingerprint density at radius 2 is 2.13 bits per heavy atom. The van der Waals surface area contributed by atoms with Gasteiger partial charge in [-0.2, -0.15) is 5.26 Å². The predicted octanol–water partition coefficient (Wildman–Crippen LogP) is 2.41. The normalized spacial score (nSPS) is 13.3. The number of hydrogen-bond donors (Lipinski definition) is 1. The second-order valence-corrected chi connectivity index (χ2v) is 6.57. The number of para-hydroxylation sites is 1. The molecular weight excluding hydrogens is 310 g/mol. The van der Waals surface area contributed by atoms with Crippen molar-refractivity contribution in [2.75, 3.05) is 5.75 Å². The molecule has 23 heavy (non-hydrogen) atoms.